The van der Waals surface area contributed by atoms with Crippen molar-refractivity contribution in [3.05, 3.63) is 35.9 Å². The molecule has 2 N–H and O–H groups in total. The van der Waals surface area contributed by atoms with E-state index in [1.54, 1.807) is 24.3 Å². The van der Waals surface area contributed by atoms with Gasteiger partial charge in [-0.15, -0.1) is 0 Å². The summed E-state index contributed by atoms with van der Waals surface area (Å²) in [6.45, 7) is 0.427. The minimum Gasteiger partial charge on any atom is -0.478 e. The summed E-state index contributed by atoms with van der Waals surface area (Å²) in [7, 11) is 0. The first-order valence-corrected chi connectivity index (χ1v) is 5.87. The predicted molar refractivity (Wildman–Crippen MR) is 64.1 cm³/mol. The second kappa shape index (κ2) is 5.29. The number of ketones is 1. The molecule has 1 aromatic carbocycles. The fraction of sp³-hybridized carbons (Fsp3) is 0.385. The van der Waals surface area contributed by atoms with Gasteiger partial charge in [-0.3, -0.25) is 9.69 Å². The van der Waals surface area contributed by atoms with Crippen molar-refractivity contribution in [1.82, 2.24) is 4.90 Å². The zero-order chi connectivity index (χ0) is 13.1. The van der Waals surface area contributed by atoms with E-state index in [1.807, 2.05) is 6.07 Å². The number of hydrogen-bond donors (Lipinski definition) is 2. The number of carboxylic acid groups (broad SMARTS) is 1. The zero-order valence-electron chi connectivity index (χ0n) is 9.82. The smallest absolute Gasteiger partial charge is 0.348 e. The van der Waals surface area contributed by atoms with Crippen LogP contribution < -0.4 is 0 Å². The minimum atomic E-state index is -1.61. The highest BCUT2D eigenvalue weighted by molar-refractivity contribution is 6.00. The topological polar surface area (TPSA) is 77.8 Å². The average molecular weight is 249 g/mol. The summed E-state index contributed by atoms with van der Waals surface area (Å²) < 4.78 is 0. The number of aliphatic hydroxyl groups is 1. The standard InChI is InChI=1S/C13H15NO4/c15-11(9-5-2-1-3-6-9)10-7-4-8-14(10)12(16)13(17)18/h1-3,5-6,10,12,16H,4,7-8H2,(H,17,18). The van der Waals surface area contributed by atoms with E-state index in [2.05, 4.69) is 0 Å². The van der Waals surface area contributed by atoms with E-state index in [0.717, 1.165) is 0 Å². The van der Waals surface area contributed by atoms with E-state index in [0.29, 0.717) is 24.9 Å². The molecule has 5 nitrogen and oxygen atoms in total. The third kappa shape index (κ3) is 2.42. The van der Waals surface area contributed by atoms with Gasteiger partial charge in [0.1, 0.15) is 0 Å². The lowest BCUT2D eigenvalue weighted by Crippen LogP contribution is -2.47. The number of likely N-dealkylation sites (tertiary alicyclic amines) is 1. The Bertz CT molecular complexity index is 446. The van der Waals surface area contributed by atoms with Gasteiger partial charge >= 0.3 is 5.97 Å². The zero-order valence-corrected chi connectivity index (χ0v) is 9.82. The molecular formula is C13H15NO4. The number of hydrogen-bond acceptors (Lipinski definition) is 4. The molecule has 0 aliphatic carbocycles. The van der Waals surface area contributed by atoms with Gasteiger partial charge in [-0.1, -0.05) is 30.3 Å². The molecule has 5 heteroatoms. The maximum Gasteiger partial charge on any atom is 0.348 e. The van der Waals surface area contributed by atoms with Gasteiger partial charge in [0.25, 0.3) is 0 Å². The number of nitrogens with zero attached hydrogens (tertiary/aromatic N) is 1. The number of Topliss-reactive ketones (excluding diaryl/α,β-unsaturated/α-hetero) is 1. The van der Waals surface area contributed by atoms with Crippen molar-refractivity contribution < 1.29 is 19.8 Å². The first-order valence-electron chi connectivity index (χ1n) is 5.87. The lowest BCUT2D eigenvalue weighted by molar-refractivity contribution is -0.157. The van der Waals surface area contributed by atoms with Crippen molar-refractivity contribution in [2.45, 2.75) is 25.1 Å². The van der Waals surface area contributed by atoms with E-state index in [9.17, 15) is 14.7 Å². The number of aliphatic carboxylic acids is 1. The molecule has 2 unspecified atom stereocenters. The summed E-state index contributed by atoms with van der Waals surface area (Å²) in [6, 6.07) is 8.20. The quantitative estimate of drug-likeness (QED) is 0.769. The molecule has 2 rings (SSSR count). The molecule has 0 saturated carbocycles. The molecule has 1 aromatic rings. The first-order chi connectivity index (χ1) is 8.61. The summed E-state index contributed by atoms with van der Waals surface area (Å²) in [4.78, 5) is 24.4. The van der Waals surface area contributed by atoms with Crippen LogP contribution in [0.5, 0.6) is 0 Å². The highest BCUT2D eigenvalue weighted by atomic mass is 16.4. The van der Waals surface area contributed by atoms with Crippen LogP contribution in [0.2, 0.25) is 0 Å². The summed E-state index contributed by atoms with van der Waals surface area (Å²) in [5.74, 6) is -1.45. The Morgan fingerprint density at radius 2 is 1.94 bits per heavy atom. The minimum absolute atomic E-state index is 0.131. The second-order valence-electron chi connectivity index (χ2n) is 4.34. The third-order valence-electron chi connectivity index (χ3n) is 3.19. The van der Waals surface area contributed by atoms with Crippen LogP contribution >= 0.6 is 0 Å². The molecule has 0 amide bonds. The van der Waals surface area contributed by atoms with Crippen molar-refractivity contribution in [2.24, 2.45) is 0 Å². The molecule has 18 heavy (non-hydrogen) atoms. The summed E-state index contributed by atoms with van der Waals surface area (Å²) in [5, 5.41) is 18.4. The molecule has 0 bridgehead atoms. The molecule has 1 fully saturated rings. The summed E-state index contributed by atoms with van der Waals surface area (Å²) in [5.41, 5.74) is 0.548. The number of aliphatic hydroxyl groups excluding tert-OH is 1. The highest BCUT2D eigenvalue weighted by Gasteiger charge is 2.37. The summed E-state index contributed by atoms with van der Waals surface area (Å²) >= 11 is 0. The van der Waals surface area contributed by atoms with Crippen LogP contribution in [0.15, 0.2) is 30.3 Å². The van der Waals surface area contributed by atoms with Crippen LogP contribution in [-0.4, -0.2) is 45.7 Å². The van der Waals surface area contributed by atoms with Gasteiger partial charge < -0.3 is 10.2 Å². The number of rotatable bonds is 4. The number of carbonyl (C=O) groups is 2. The number of carbonyl (C=O) groups excluding carboxylic acids is 1. The number of carboxylic acids is 1. The Balaban J connectivity index is 2.17. The third-order valence-corrected chi connectivity index (χ3v) is 3.19. The number of benzene rings is 1. The monoisotopic (exact) mass is 249 g/mol. The Hall–Kier alpha value is -1.72. The second-order valence-corrected chi connectivity index (χ2v) is 4.34. The van der Waals surface area contributed by atoms with Gasteiger partial charge in [0.05, 0.1) is 6.04 Å². The van der Waals surface area contributed by atoms with Crippen LogP contribution in [0.4, 0.5) is 0 Å². The van der Waals surface area contributed by atoms with Gasteiger partial charge in [-0.25, -0.2) is 4.79 Å². The maximum absolute atomic E-state index is 12.2. The SMILES string of the molecule is O=C(O)C(O)N1CCCC1C(=O)c1ccccc1. The molecule has 96 valence electrons. The van der Waals surface area contributed by atoms with Crippen molar-refractivity contribution in [2.75, 3.05) is 6.54 Å². The van der Waals surface area contributed by atoms with Gasteiger partial charge in [0.2, 0.25) is 6.23 Å². The van der Waals surface area contributed by atoms with Crippen molar-refractivity contribution in [3.63, 3.8) is 0 Å². The van der Waals surface area contributed by atoms with Gasteiger partial charge in [0, 0.05) is 12.1 Å². The van der Waals surface area contributed by atoms with Crippen molar-refractivity contribution in [3.8, 4) is 0 Å². The molecule has 1 heterocycles. The maximum atomic E-state index is 12.2. The lowest BCUT2D eigenvalue weighted by Gasteiger charge is -2.25. The Morgan fingerprint density at radius 1 is 1.28 bits per heavy atom. The normalized spacial score (nSPS) is 21.7. The van der Waals surface area contributed by atoms with Crippen LogP contribution in [0, 0.1) is 0 Å². The van der Waals surface area contributed by atoms with Gasteiger partial charge in [0.15, 0.2) is 5.78 Å². The molecule has 2 atom stereocenters. The molecule has 0 radical (unpaired) electrons. The molecule has 1 saturated heterocycles. The Morgan fingerprint density at radius 3 is 2.56 bits per heavy atom. The van der Waals surface area contributed by atoms with E-state index < -0.39 is 18.2 Å². The largest absolute Gasteiger partial charge is 0.478 e. The fourth-order valence-corrected chi connectivity index (χ4v) is 2.30. The van der Waals surface area contributed by atoms with E-state index in [1.165, 1.54) is 4.90 Å². The fourth-order valence-electron chi connectivity index (χ4n) is 2.30. The molecule has 0 aromatic heterocycles. The van der Waals surface area contributed by atoms with Gasteiger partial charge in [-0.05, 0) is 12.8 Å². The predicted octanol–water partition coefficient (Wildman–Crippen LogP) is 0.737. The highest BCUT2D eigenvalue weighted by Crippen LogP contribution is 2.22. The van der Waals surface area contributed by atoms with Crippen molar-refractivity contribution >= 4 is 11.8 Å². The van der Waals surface area contributed by atoms with Crippen LogP contribution in [0.25, 0.3) is 0 Å². The molecular weight excluding hydrogens is 234 g/mol. The summed E-state index contributed by atoms with van der Waals surface area (Å²) in [6.07, 6.45) is -0.309. The van der Waals surface area contributed by atoms with Gasteiger partial charge in [-0.2, -0.15) is 0 Å². The Labute approximate surface area is 105 Å². The molecule has 1 aliphatic heterocycles. The van der Waals surface area contributed by atoms with E-state index in [4.69, 9.17) is 5.11 Å². The lowest BCUT2D eigenvalue weighted by atomic mass is 10.0. The first kappa shape index (κ1) is 12.7. The van der Waals surface area contributed by atoms with Crippen LogP contribution in [-0.2, 0) is 4.79 Å². The Kier molecular flexibility index (Phi) is 3.74. The molecule has 0 spiro atoms. The average Bonchev–Trinajstić information content (AvgIpc) is 2.87. The van der Waals surface area contributed by atoms with Crippen LogP contribution in [0.1, 0.15) is 23.2 Å². The van der Waals surface area contributed by atoms with Crippen molar-refractivity contribution in [1.29, 1.82) is 0 Å². The van der Waals surface area contributed by atoms with E-state index >= 15 is 0 Å². The van der Waals surface area contributed by atoms with E-state index in [-0.39, 0.29) is 5.78 Å². The van der Waals surface area contributed by atoms with Crippen LogP contribution in [0.3, 0.4) is 0 Å². The molecule has 1 aliphatic rings.